The van der Waals surface area contributed by atoms with Crippen molar-refractivity contribution in [3.8, 4) is 5.75 Å². The maximum atomic E-state index is 12.2. The zero-order chi connectivity index (χ0) is 15.8. The maximum absolute atomic E-state index is 12.2. The number of carbonyl (C=O) groups is 1. The minimum Gasteiger partial charge on any atom is -0.497 e. The highest BCUT2D eigenvalue weighted by atomic mass is 32.1. The third kappa shape index (κ3) is 2.77. The average molecular weight is 329 g/mol. The van der Waals surface area contributed by atoms with Crippen LogP contribution in [0.15, 0.2) is 24.3 Å². The fraction of sp³-hybridized carbons (Fsp3) is 0.333. The number of nitrogens with one attached hydrogen (secondary N) is 1. The van der Waals surface area contributed by atoms with E-state index < -0.39 is 0 Å². The van der Waals surface area contributed by atoms with Gasteiger partial charge in [0.1, 0.15) is 10.8 Å². The van der Waals surface area contributed by atoms with E-state index in [1.165, 1.54) is 11.3 Å². The molecular weight excluding hydrogens is 314 g/mol. The fourth-order valence-electron chi connectivity index (χ4n) is 2.36. The second kappa shape index (κ2) is 5.62. The minimum atomic E-state index is -0.155. The van der Waals surface area contributed by atoms with E-state index in [9.17, 15) is 4.79 Å². The number of carbonyl (C=O) groups excluding carboxylic acids is 1. The summed E-state index contributed by atoms with van der Waals surface area (Å²) in [5.41, 5.74) is 0.561. The molecule has 8 heteroatoms. The second-order valence-electron chi connectivity index (χ2n) is 5.44. The monoisotopic (exact) mass is 329 g/mol. The average Bonchev–Trinajstić information content (AvgIpc) is 3.22. The number of hydrogen-bond acceptors (Lipinski definition) is 6. The number of fused-ring (bicyclic) bond motifs is 1. The number of ether oxygens (including phenoxy) is 1. The molecule has 0 spiro atoms. The van der Waals surface area contributed by atoms with Crippen molar-refractivity contribution in [1.29, 1.82) is 0 Å². The molecule has 23 heavy (non-hydrogen) atoms. The van der Waals surface area contributed by atoms with Crippen LogP contribution < -0.4 is 10.1 Å². The van der Waals surface area contributed by atoms with Crippen molar-refractivity contribution in [2.75, 3.05) is 7.11 Å². The summed E-state index contributed by atoms with van der Waals surface area (Å²) >= 11 is 1.45. The molecule has 3 aromatic rings. The van der Waals surface area contributed by atoms with Gasteiger partial charge >= 0.3 is 0 Å². The third-order valence-electron chi connectivity index (χ3n) is 3.73. The summed E-state index contributed by atoms with van der Waals surface area (Å²) in [7, 11) is 1.58. The Morgan fingerprint density at radius 3 is 3.09 bits per heavy atom. The van der Waals surface area contributed by atoms with Gasteiger partial charge in [-0.15, -0.1) is 10.2 Å². The largest absolute Gasteiger partial charge is 0.497 e. The van der Waals surface area contributed by atoms with Gasteiger partial charge in [0, 0.05) is 11.5 Å². The van der Waals surface area contributed by atoms with Gasteiger partial charge in [-0.1, -0.05) is 17.4 Å². The van der Waals surface area contributed by atoms with Gasteiger partial charge < -0.3 is 10.1 Å². The van der Waals surface area contributed by atoms with E-state index in [0.717, 1.165) is 28.6 Å². The van der Waals surface area contributed by atoms with E-state index in [4.69, 9.17) is 4.74 Å². The first-order valence-corrected chi connectivity index (χ1v) is 8.19. The van der Waals surface area contributed by atoms with Gasteiger partial charge in [-0.2, -0.15) is 9.61 Å². The fourth-order valence-corrected chi connectivity index (χ4v) is 3.14. The summed E-state index contributed by atoms with van der Waals surface area (Å²) in [5, 5.41) is 16.5. The van der Waals surface area contributed by atoms with E-state index in [1.807, 2.05) is 0 Å². The zero-order valence-corrected chi connectivity index (χ0v) is 13.3. The van der Waals surface area contributed by atoms with Crippen LogP contribution in [0.1, 0.15) is 39.9 Å². The van der Waals surface area contributed by atoms with Gasteiger partial charge in [-0.3, -0.25) is 4.79 Å². The highest BCUT2D eigenvalue weighted by Crippen LogP contribution is 2.39. The Balaban J connectivity index is 1.46. The molecular formula is C15H15N5O2S. The molecule has 0 saturated heterocycles. The molecule has 0 bridgehead atoms. The molecule has 2 aromatic heterocycles. The topological polar surface area (TPSA) is 81.4 Å². The van der Waals surface area contributed by atoms with E-state index in [1.54, 1.807) is 35.9 Å². The van der Waals surface area contributed by atoms with Crippen LogP contribution in [0.25, 0.3) is 4.96 Å². The van der Waals surface area contributed by atoms with Gasteiger partial charge in [0.25, 0.3) is 5.91 Å². The molecule has 0 atom stereocenters. The predicted octanol–water partition coefficient (Wildman–Crippen LogP) is 2.00. The van der Waals surface area contributed by atoms with Crippen LogP contribution in [0.4, 0.5) is 0 Å². The summed E-state index contributed by atoms with van der Waals surface area (Å²) in [4.78, 5) is 13.0. The van der Waals surface area contributed by atoms with Gasteiger partial charge in [0.05, 0.1) is 13.7 Å². The van der Waals surface area contributed by atoms with Crippen LogP contribution in [0.2, 0.25) is 0 Å². The van der Waals surface area contributed by atoms with Gasteiger partial charge in [-0.25, -0.2) is 0 Å². The lowest BCUT2D eigenvalue weighted by Crippen LogP contribution is -2.22. The Bertz CT molecular complexity index is 868. The molecule has 0 unspecified atom stereocenters. The van der Waals surface area contributed by atoms with E-state index >= 15 is 0 Å². The van der Waals surface area contributed by atoms with Gasteiger partial charge in [0.2, 0.25) is 4.96 Å². The molecule has 7 nitrogen and oxygen atoms in total. The molecule has 1 fully saturated rings. The van der Waals surface area contributed by atoms with Crippen LogP contribution in [0.5, 0.6) is 5.75 Å². The quantitative estimate of drug-likeness (QED) is 0.774. The minimum absolute atomic E-state index is 0.155. The highest BCUT2D eigenvalue weighted by Gasteiger charge is 2.30. The number of benzene rings is 1. The Morgan fingerprint density at radius 1 is 1.43 bits per heavy atom. The van der Waals surface area contributed by atoms with Crippen LogP contribution in [0.3, 0.4) is 0 Å². The van der Waals surface area contributed by atoms with Crippen LogP contribution in [0, 0.1) is 0 Å². The van der Waals surface area contributed by atoms with Gasteiger partial charge in [-0.05, 0) is 31.0 Å². The first kappa shape index (κ1) is 14.1. The van der Waals surface area contributed by atoms with Crippen molar-refractivity contribution in [1.82, 2.24) is 25.1 Å². The second-order valence-corrected chi connectivity index (χ2v) is 6.48. The first-order chi connectivity index (χ1) is 11.2. The maximum Gasteiger partial charge on any atom is 0.251 e. The van der Waals surface area contributed by atoms with Gasteiger partial charge in [0.15, 0.2) is 5.82 Å². The molecule has 1 aliphatic carbocycles. The van der Waals surface area contributed by atoms with Crippen molar-refractivity contribution in [2.24, 2.45) is 0 Å². The molecule has 4 rings (SSSR count). The Labute approximate surface area is 136 Å². The summed E-state index contributed by atoms with van der Waals surface area (Å²) in [6.07, 6.45) is 2.31. The standard InChI is InChI=1S/C15H15N5O2S/c1-22-11-4-2-3-10(7-11)14(21)16-8-12-19-20-13(9-5-6-9)17-18-15(20)23-12/h2-4,7,9H,5-6,8H2,1H3,(H,16,21). The normalized spacial score (nSPS) is 14.1. The van der Waals surface area contributed by atoms with E-state index in [0.29, 0.717) is 23.8 Å². The molecule has 0 aliphatic heterocycles. The number of aromatic nitrogens is 4. The summed E-state index contributed by atoms with van der Waals surface area (Å²) < 4.78 is 6.93. The molecule has 1 saturated carbocycles. The van der Waals surface area contributed by atoms with E-state index in [2.05, 4.69) is 20.6 Å². The third-order valence-corrected chi connectivity index (χ3v) is 4.63. The van der Waals surface area contributed by atoms with Crippen LogP contribution in [-0.4, -0.2) is 32.8 Å². The van der Waals surface area contributed by atoms with Crippen LogP contribution >= 0.6 is 11.3 Å². The summed E-state index contributed by atoms with van der Waals surface area (Å²) in [5.74, 6) is 1.93. The van der Waals surface area contributed by atoms with Crippen molar-refractivity contribution in [3.63, 3.8) is 0 Å². The Morgan fingerprint density at radius 2 is 2.30 bits per heavy atom. The van der Waals surface area contributed by atoms with Crippen molar-refractivity contribution in [3.05, 3.63) is 40.7 Å². The lowest BCUT2D eigenvalue weighted by molar-refractivity contribution is 0.0950. The zero-order valence-electron chi connectivity index (χ0n) is 12.5. The molecule has 2 heterocycles. The van der Waals surface area contributed by atoms with Crippen molar-refractivity contribution in [2.45, 2.75) is 25.3 Å². The molecule has 1 N–H and O–H groups in total. The SMILES string of the molecule is COc1cccc(C(=O)NCc2nn3c(C4CC4)nnc3s2)c1. The lowest BCUT2D eigenvalue weighted by Gasteiger charge is -2.05. The lowest BCUT2D eigenvalue weighted by atomic mass is 10.2. The number of rotatable bonds is 5. The number of methoxy groups -OCH3 is 1. The Kier molecular flexibility index (Phi) is 3.45. The van der Waals surface area contributed by atoms with Crippen molar-refractivity contribution >= 4 is 22.2 Å². The molecule has 1 aromatic carbocycles. The summed E-state index contributed by atoms with van der Waals surface area (Å²) in [6.45, 7) is 0.369. The predicted molar refractivity (Wildman–Crippen MR) is 84.8 cm³/mol. The van der Waals surface area contributed by atoms with E-state index in [-0.39, 0.29) is 5.91 Å². The number of hydrogen-bond donors (Lipinski definition) is 1. The Hall–Kier alpha value is -2.48. The molecule has 118 valence electrons. The number of amides is 1. The van der Waals surface area contributed by atoms with Crippen LogP contribution in [-0.2, 0) is 6.54 Å². The summed E-state index contributed by atoms with van der Waals surface area (Å²) in [6, 6.07) is 7.05. The highest BCUT2D eigenvalue weighted by molar-refractivity contribution is 7.16. The van der Waals surface area contributed by atoms with Crippen molar-refractivity contribution < 1.29 is 9.53 Å². The molecule has 1 aliphatic rings. The molecule has 0 radical (unpaired) electrons. The first-order valence-electron chi connectivity index (χ1n) is 7.38. The smallest absolute Gasteiger partial charge is 0.251 e. The molecule has 1 amide bonds. The number of nitrogens with zero attached hydrogens (tertiary/aromatic N) is 4.